The molecule has 0 saturated heterocycles. The molecule has 3 aromatic rings. The van der Waals surface area contributed by atoms with Crippen molar-refractivity contribution in [1.29, 1.82) is 5.41 Å². The minimum absolute atomic E-state index is 0.323. The van der Waals surface area contributed by atoms with Gasteiger partial charge < -0.3 is 10.1 Å². The first-order valence-corrected chi connectivity index (χ1v) is 9.16. The molecular weight excluding hydrogens is 384 g/mol. The molecule has 2 aromatic carbocycles. The van der Waals surface area contributed by atoms with Crippen LogP contribution < -0.4 is 10.8 Å². The van der Waals surface area contributed by atoms with E-state index < -0.39 is 5.97 Å². The van der Waals surface area contributed by atoms with Crippen LogP contribution in [0.4, 0.5) is 11.4 Å². The summed E-state index contributed by atoms with van der Waals surface area (Å²) in [6, 6.07) is 15.7. The maximum absolute atomic E-state index is 11.6. The number of halogens is 1. The minimum Gasteiger partial charge on any atom is -0.465 e. The Morgan fingerprint density at radius 2 is 1.85 bits per heavy atom. The first-order valence-electron chi connectivity index (χ1n) is 8.01. The minimum atomic E-state index is -0.395. The number of benzene rings is 2. The molecule has 0 amide bonds. The van der Waals surface area contributed by atoms with Crippen molar-refractivity contribution in [1.82, 2.24) is 3.96 Å². The molecule has 0 saturated carbocycles. The van der Waals surface area contributed by atoms with E-state index in [2.05, 4.69) is 10.3 Å². The Kier molecular flexibility index (Phi) is 5.73. The van der Waals surface area contributed by atoms with Gasteiger partial charge in [0.25, 0.3) is 0 Å². The zero-order chi connectivity index (χ0) is 19.4. The highest BCUT2D eigenvalue weighted by Gasteiger charge is 2.10. The fraction of sp³-hybridized carbons (Fsp3) is 0.105. The van der Waals surface area contributed by atoms with Crippen LogP contribution in [0, 0.1) is 12.3 Å². The number of hydrogen-bond donors (Lipinski definition) is 2. The number of anilines is 1. The summed E-state index contributed by atoms with van der Waals surface area (Å²) in [5.74, 6) is 0.0829. The molecule has 2 N–H and O–H groups in total. The first kappa shape index (κ1) is 18.9. The number of aryl methyl sites for hydroxylation is 1. The van der Waals surface area contributed by atoms with Gasteiger partial charge in [-0.1, -0.05) is 23.1 Å². The normalized spacial score (nSPS) is 11.3. The summed E-state index contributed by atoms with van der Waals surface area (Å²) in [4.78, 5) is 17.2. The SMILES string of the molecule is COC(=O)c1ccc(NC(=Nc2ccc(Cl)cc2)n2sc(C)cc2=N)cc1. The number of esters is 1. The number of aliphatic imine (C=N–C) groups is 1. The summed E-state index contributed by atoms with van der Waals surface area (Å²) >= 11 is 7.35. The highest BCUT2D eigenvalue weighted by atomic mass is 35.5. The van der Waals surface area contributed by atoms with Crippen molar-refractivity contribution in [3.05, 3.63) is 75.5 Å². The van der Waals surface area contributed by atoms with Crippen LogP contribution in [0.5, 0.6) is 0 Å². The summed E-state index contributed by atoms with van der Waals surface area (Å²) < 4.78 is 6.41. The van der Waals surface area contributed by atoms with Crippen molar-refractivity contribution in [2.24, 2.45) is 4.99 Å². The number of ether oxygens (including phenoxy) is 1. The molecule has 138 valence electrons. The van der Waals surface area contributed by atoms with Crippen LogP contribution in [0.2, 0.25) is 5.02 Å². The number of aromatic nitrogens is 1. The van der Waals surface area contributed by atoms with Crippen molar-refractivity contribution in [3.63, 3.8) is 0 Å². The van der Waals surface area contributed by atoms with Gasteiger partial charge in [0, 0.05) is 15.6 Å². The van der Waals surface area contributed by atoms with Crippen molar-refractivity contribution >= 4 is 46.4 Å². The van der Waals surface area contributed by atoms with Gasteiger partial charge in [-0.3, -0.25) is 5.41 Å². The third-order valence-electron chi connectivity index (χ3n) is 3.61. The van der Waals surface area contributed by atoms with Gasteiger partial charge in [-0.05, 0) is 61.5 Å². The molecule has 6 nitrogen and oxygen atoms in total. The van der Waals surface area contributed by atoms with Crippen LogP contribution in [-0.4, -0.2) is 23.0 Å². The van der Waals surface area contributed by atoms with Gasteiger partial charge in [0.15, 0.2) is 0 Å². The molecule has 0 spiro atoms. The van der Waals surface area contributed by atoms with E-state index >= 15 is 0 Å². The molecular formula is C19H17ClN4O2S. The molecule has 1 heterocycles. The van der Waals surface area contributed by atoms with Gasteiger partial charge in [-0.2, -0.15) is 0 Å². The van der Waals surface area contributed by atoms with Crippen LogP contribution in [0.25, 0.3) is 0 Å². The van der Waals surface area contributed by atoms with Crippen LogP contribution >= 0.6 is 23.1 Å². The molecule has 0 unspecified atom stereocenters. The predicted octanol–water partition coefficient (Wildman–Crippen LogP) is 4.43. The second kappa shape index (κ2) is 8.20. The molecule has 0 aliphatic carbocycles. The topological polar surface area (TPSA) is 79.5 Å². The average Bonchev–Trinajstić information content (AvgIpc) is 3.01. The van der Waals surface area contributed by atoms with Crippen molar-refractivity contribution in [2.45, 2.75) is 6.92 Å². The third-order valence-corrected chi connectivity index (χ3v) is 4.82. The highest BCUT2D eigenvalue weighted by Crippen LogP contribution is 2.18. The van der Waals surface area contributed by atoms with Crippen LogP contribution in [0.1, 0.15) is 15.2 Å². The Bertz CT molecular complexity index is 1040. The lowest BCUT2D eigenvalue weighted by Crippen LogP contribution is -2.28. The summed E-state index contributed by atoms with van der Waals surface area (Å²) in [6.45, 7) is 1.93. The van der Waals surface area contributed by atoms with E-state index in [9.17, 15) is 4.79 Å². The maximum atomic E-state index is 11.6. The molecule has 3 rings (SSSR count). The Morgan fingerprint density at radius 3 is 2.41 bits per heavy atom. The third kappa shape index (κ3) is 4.64. The molecule has 0 aliphatic rings. The second-order valence-corrected chi connectivity index (χ2v) is 7.26. The molecule has 0 atom stereocenters. The van der Waals surface area contributed by atoms with Gasteiger partial charge in [-0.15, -0.1) is 0 Å². The average molecular weight is 401 g/mol. The molecule has 0 bridgehead atoms. The lowest BCUT2D eigenvalue weighted by atomic mass is 10.2. The van der Waals surface area contributed by atoms with E-state index in [-0.39, 0.29) is 0 Å². The first-order chi connectivity index (χ1) is 13.0. The van der Waals surface area contributed by atoms with E-state index in [4.69, 9.17) is 21.7 Å². The molecule has 27 heavy (non-hydrogen) atoms. The van der Waals surface area contributed by atoms with Crippen LogP contribution in [-0.2, 0) is 4.74 Å². The molecule has 1 aromatic heterocycles. The summed E-state index contributed by atoms with van der Waals surface area (Å²) in [5.41, 5.74) is 2.21. The molecule has 0 aliphatic heterocycles. The monoisotopic (exact) mass is 400 g/mol. The summed E-state index contributed by atoms with van der Waals surface area (Å²) in [5, 5.41) is 12.0. The van der Waals surface area contributed by atoms with Crippen LogP contribution in [0.3, 0.4) is 0 Å². The fourth-order valence-electron chi connectivity index (χ4n) is 2.33. The van der Waals surface area contributed by atoms with Crippen molar-refractivity contribution < 1.29 is 9.53 Å². The zero-order valence-corrected chi connectivity index (χ0v) is 16.3. The maximum Gasteiger partial charge on any atom is 0.337 e. The lowest BCUT2D eigenvalue weighted by Gasteiger charge is -2.11. The Labute approximate surface area is 165 Å². The van der Waals surface area contributed by atoms with E-state index in [1.54, 1.807) is 58.6 Å². The van der Waals surface area contributed by atoms with Crippen molar-refractivity contribution in [3.8, 4) is 0 Å². The van der Waals surface area contributed by atoms with E-state index in [1.165, 1.54) is 18.6 Å². The predicted molar refractivity (Wildman–Crippen MR) is 108 cm³/mol. The quantitative estimate of drug-likeness (QED) is 0.388. The van der Waals surface area contributed by atoms with Gasteiger partial charge in [-0.25, -0.2) is 13.7 Å². The molecule has 0 fully saturated rings. The van der Waals surface area contributed by atoms with E-state index in [1.807, 2.05) is 6.92 Å². The fourth-order valence-corrected chi connectivity index (χ4v) is 3.23. The Balaban J connectivity index is 1.97. The van der Waals surface area contributed by atoms with Gasteiger partial charge in [0.2, 0.25) is 5.96 Å². The lowest BCUT2D eigenvalue weighted by molar-refractivity contribution is 0.0601. The number of rotatable bonds is 3. The Morgan fingerprint density at radius 1 is 1.19 bits per heavy atom. The number of carbonyl (C=O) groups excluding carboxylic acids is 1. The van der Waals surface area contributed by atoms with Gasteiger partial charge in [0.05, 0.1) is 18.4 Å². The van der Waals surface area contributed by atoms with Crippen LogP contribution in [0.15, 0.2) is 59.6 Å². The number of methoxy groups -OCH3 is 1. The number of carbonyl (C=O) groups is 1. The number of hydrogen-bond acceptors (Lipinski definition) is 5. The van der Waals surface area contributed by atoms with Gasteiger partial charge in [0.1, 0.15) is 5.49 Å². The number of nitrogens with zero attached hydrogens (tertiary/aromatic N) is 2. The highest BCUT2D eigenvalue weighted by molar-refractivity contribution is 7.07. The molecule has 0 radical (unpaired) electrons. The summed E-state index contributed by atoms with van der Waals surface area (Å²) in [7, 11) is 1.34. The number of nitrogens with one attached hydrogen (secondary N) is 2. The Hall–Kier alpha value is -2.90. The van der Waals surface area contributed by atoms with E-state index in [0.717, 1.165) is 10.6 Å². The van der Waals surface area contributed by atoms with Gasteiger partial charge >= 0.3 is 5.97 Å². The van der Waals surface area contributed by atoms with Crippen molar-refractivity contribution in [2.75, 3.05) is 12.4 Å². The molecule has 8 heteroatoms. The standard InChI is InChI=1S/C19H17ClN4O2S/c1-12-11-17(21)24(27-12)19(23-16-9-5-14(20)6-10-16)22-15-7-3-13(4-8-15)18(25)26-2/h3-11,21H,1-2H3,(H,22,23). The van der Waals surface area contributed by atoms with E-state index in [0.29, 0.717) is 27.7 Å². The smallest absolute Gasteiger partial charge is 0.337 e. The largest absolute Gasteiger partial charge is 0.465 e. The zero-order valence-electron chi connectivity index (χ0n) is 14.7. The summed E-state index contributed by atoms with van der Waals surface area (Å²) in [6.07, 6.45) is 0. The second-order valence-electron chi connectivity index (χ2n) is 5.63.